The third kappa shape index (κ3) is 6.46. The molecule has 0 spiro atoms. The second-order valence-corrected chi connectivity index (χ2v) is 3.53. The fraction of sp³-hybridized carbons (Fsp3) is 0.800. The van der Waals surface area contributed by atoms with Gasteiger partial charge in [0.1, 0.15) is 6.10 Å². The predicted octanol–water partition coefficient (Wildman–Crippen LogP) is 1.53. The van der Waals surface area contributed by atoms with Crippen molar-refractivity contribution in [1.29, 1.82) is 0 Å². The Hall–Kier alpha value is -1.06. The SMILES string of the molecule is CC(=O)OC(C)CCOC(=O)C(C)C. The van der Waals surface area contributed by atoms with E-state index >= 15 is 0 Å². The summed E-state index contributed by atoms with van der Waals surface area (Å²) < 4.78 is 9.79. The number of rotatable bonds is 5. The summed E-state index contributed by atoms with van der Waals surface area (Å²) in [5, 5.41) is 0. The smallest absolute Gasteiger partial charge is 0.308 e. The van der Waals surface area contributed by atoms with Gasteiger partial charge in [-0.15, -0.1) is 0 Å². The van der Waals surface area contributed by atoms with Gasteiger partial charge < -0.3 is 9.47 Å². The number of esters is 2. The normalized spacial score (nSPS) is 12.4. The molecule has 0 saturated carbocycles. The van der Waals surface area contributed by atoms with E-state index < -0.39 is 0 Å². The number of hydrogen-bond acceptors (Lipinski definition) is 4. The summed E-state index contributed by atoms with van der Waals surface area (Å²) in [5.41, 5.74) is 0. The second-order valence-electron chi connectivity index (χ2n) is 3.53. The Morgan fingerprint density at radius 2 is 1.79 bits per heavy atom. The molecule has 0 aromatic rings. The molecule has 0 aliphatic carbocycles. The summed E-state index contributed by atoms with van der Waals surface area (Å²) in [4.78, 5) is 21.5. The molecule has 1 atom stereocenters. The number of ether oxygens (including phenoxy) is 2. The van der Waals surface area contributed by atoms with E-state index in [2.05, 4.69) is 0 Å². The molecule has 14 heavy (non-hydrogen) atoms. The molecule has 0 heterocycles. The first-order valence-corrected chi connectivity index (χ1v) is 4.77. The van der Waals surface area contributed by atoms with Crippen molar-refractivity contribution in [3.8, 4) is 0 Å². The van der Waals surface area contributed by atoms with Crippen molar-refractivity contribution >= 4 is 11.9 Å². The van der Waals surface area contributed by atoms with Crippen LogP contribution in [0.5, 0.6) is 0 Å². The van der Waals surface area contributed by atoms with E-state index in [0.717, 1.165) is 0 Å². The summed E-state index contributed by atoms with van der Waals surface area (Å²) in [6.07, 6.45) is 0.338. The average molecular weight is 202 g/mol. The first kappa shape index (κ1) is 12.9. The van der Waals surface area contributed by atoms with E-state index in [9.17, 15) is 9.59 Å². The summed E-state index contributed by atoms with van der Waals surface area (Å²) in [6.45, 7) is 6.97. The first-order chi connectivity index (χ1) is 6.43. The lowest BCUT2D eigenvalue weighted by Gasteiger charge is -2.12. The number of carbonyl (C=O) groups excluding carboxylic acids is 2. The highest BCUT2D eigenvalue weighted by molar-refractivity contribution is 5.71. The molecule has 0 aromatic carbocycles. The van der Waals surface area contributed by atoms with Gasteiger partial charge in [0.2, 0.25) is 0 Å². The van der Waals surface area contributed by atoms with Crippen LogP contribution in [0.15, 0.2) is 0 Å². The Labute approximate surface area is 84.6 Å². The topological polar surface area (TPSA) is 52.6 Å². The van der Waals surface area contributed by atoms with Gasteiger partial charge in [0.05, 0.1) is 12.5 Å². The third-order valence-corrected chi connectivity index (χ3v) is 1.61. The number of hydrogen-bond donors (Lipinski definition) is 0. The van der Waals surface area contributed by atoms with Gasteiger partial charge in [0.25, 0.3) is 0 Å². The zero-order valence-electron chi connectivity index (χ0n) is 9.20. The average Bonchev–Trinajstić information content (AvgIpc) is 2.02. The van der Waals surface area contributed by atoms with Gasteiger partial charge in [0.15, 0.2) is 0 Å². The zero-order chi connectivity index (χ0) is 11.1. The Bertz CT molecular complexity index is 198. The zero-order valence-corrected chi connectivity index (χ0v) is 9.20. The van der Waals surface area contributed by atoms with Crippen LogP contribution in [0.3, 0.4) is 0 Å². The number of carbonyl (C=O) groups is 2. The highest BCUT2D eigenvalue weighted by Gasteiger charge is 2.10. The predicted molar refractivity (Wildman–Crippen MR) is 51.6 cm³/mol. The molecular formula is C10H18O4. The van der Waals surface area contributed by atoms with Crippen LogP contribution < -0.4 is 0 Å². The van der Waals surface area contributed by atoms with Gasteiger partial charge in [-0.05, 0) is 6.92 Å². The van der Waals surface area contributed by atoms with E-state index in [-0.39, 0.29) is 24.0 Å². The van der Waals surface area contributed by atoms with Crippen molar-refractivity contribution in [3.05, 3.63) is 0 Å². The van der Waals surface area contributed by atoms with Crippen LogP contribution in [0.4, 0.5) is 0 Å². The highest BCUT2D eigenvalue weighted by Crippen LogP contribution is 2.01. The van der Waals surface area contributed by atoms with Gasteiger partial charge in [-0.25, -0.2) is 0 Å². The molecule has 0 aliphatic rings. The third-order valence-electron chi connectivity index (χ3n) is 1.61. The van der Waals surface area contributed by atoms with Crippen LogP contribution in [0.2, 0.25) is 0 Å². The van der Waals surface area contributed by atoms with Gasteiger partial charge >= 0.3 is 11.9 Å². The van der Waals surface area contributed by atoms with E-state index in [1.54, 1.807) is 20.8 Å². The molecule has 0 bridgehead atoms. The minimum absolute atomic E-state index is 0.112. The maximum Gasteiger partial charge on any atom is 0.308 e. The molecule has 0 radical (unpaired) electrons. The highest BCUT2D eigenvalue weighted by atomic mass is 16.6. The molecule has 0 fully saturated rings. The largest absolute Gasteiger partial charge is 0.465 e. The van der Waals surface area contributed by atoms with Crippen molar-refractivity contribution in [2.75, 3.05) is 6.61 Å². The summed E-state index contributed by atoms with van der Waals surface area (Å²) in [5.74, 6) is -0.647. The van der Waals surface area contributed by atoms with Crippen LogP contribution in [-0.2, 0) is 19.1 Å². The summed E-state index contributed by atoms with van der Waals surface area (Å²) in [6, 6.07) is 0. The monoisotopic (exact) mass is 202 g/mol. The molecule has 0 saturated heterocycles. The van der Waals surface area contributed by atoms with E-state index in [0.29, 0.717) is 13.0 Å². The van der Waals surface area contributed by atoms with Crippen molar-refractivity contribution in [1.82, 2.24) is 0 Å². The molecular weight excluding hydrogens is 184 g/mol. The second kappa shape index (κ2) is 6.40. The van der Waals surface area contributed by atoms with E-state index in [1.807, 2.05) is 0 Å². The molecule has 1 unspecified atom stereocenters. The maximum atomic E-state index is 11.0. The Balaban J connectivity index is 3.54. The molecule has 0 rings (SSSR count). The van der Waals surface area contributed by atoms with Crippen molar-refractivity contribution in [3.63, 3.8) is 0 Å². The molecule has 0 N–H and O–H groups in total. The van der Waals surface area contributed by atoms with Crippen molar-refractivity contribution in [2.45, 2.75) is 40.2 Å². The summed E-state index contributed by atoms with van der Waals surface area (Å²) in [7, 11) is 0. The fourth-order valence-electron chi connectivity index (χ4n) is 0.834. The van der Waals surface area contributed by atoms with Crippen LogP contribution in [0.25, 0.3) is 0 Å². The Morgan fingerprint density at radius 1 is 1.21 bits per heavy atom. The maximum absolute atomic E-state index is 11.0. The van der Waals surface area contributed by atoms with E-state index in [4.69, 9.17) is 9.47 Å². The van der Waals surface area contributed by atoms with Gasteiger partial charge in [-0.1, -0.05) is 13.8 Å². The van der Waals surface area contributed by atoms with Crippen molar-refractivity contribution < 1.29 is 19.1 Å². The standard InChI is InChI=1S/C10H18O4/c1-7(2)10(12)13-6-5-8(3)14-9(4)11/h7-8H,5-6H2,1-4H3. The fourth-order valence-corrected chi connectivity index (χ4v) is 0.834. The molecule has 82 valence electrons. The summed E-state index contributed by atoms with van der Waals surface area (Å²) >= 11 is 0. The Kier molecular flexibility index (Phi) is 5.92. The minimum atomic E-state index is -0.312. The Morgan fingerprint density at radius 3 is 2.21 bits per heavy atom. The lowest BCUT2D eigenvalue weighted by atomic mass is 10.2. The van der Waals surface area contributed by atoms with Crippen LogP contribution in [0.1, 0.15) is 34.1 Å². The molecule has 4 heteroatoms. The lowest BCUT2D eigenvalue weighted by molar-refractivity contribution is -0.150. The molecule has 0 aliphatic heterocycles. The van der Waals surface area contributed by atoms with E-state index in [1.165, 1.54) is 6.92 Å². The molecule has 4 nitrogen and oxygen atoms in total. The van der Waals surface area contributed by atoms with Gasteiger partial charge in [0, 0.05) is 13.3 Å². The van der Waals surface area contributed by atoms with Crippen LogP contribution in [-0.4, -0.2) is 24.6 Å². The van der Waals surface area contributed by atoms with Crippen molar-refractivity contribution in [2.24, 2.45) is 5.92 Å². The molecule has 0 amide bonds. The van der Waals surface area contributed by atoms with Gasteiger partial charge in [-0.3, -0.25) is 9.59 Å². The van der Waals surface area contributed by atoms with Crippen LogP contribution >= 0.6 is 0 Å². The van der Waals surface area contributed by atoms with Crippen LogP contribution in [0, 0.1) is 5.92 Å². The quantitative estimate of drug-likeness (QED) is 0.634. The first-order valence-electron chi connectivity index (χ1n) is 4.77. The minimum Gasteiger partial charge on any atom is -0.465 e. The lowest BCUT2D eigenvalue weighted by Crippen LogP contribution is -2.18. The van der Waals surface area contributed by atoms with Gasteiger partial charge in [-0.2, -0.15) is 0 Å². The molecule has 0 aromatic heterocycles.